The highest BCUT2D eigenvalue weighted by molar-refractivity contribution is 7.98. The molecule has 0 unspecified atom stereocenters. The molecular weight excluding hydrogens is 352 g/mol. The van der Waals surface area contributed by atoms with Gasteiger partial charge in [-0.15, -0.1) is 11.8 Å². The zero-order chi connectivity index (χ0) is 18.7. The van der Waals surface area contributed by atoms with Gasteiger partial charge in [-0.05, 0) is 43.4 Å². The fourth-order valence-electron chi connectivity index (χ4n) is 3.78. The topological polar surface area (TPSA) is 86.7 Å². The lowest BCUT2D eigenvalue weighted by Crippen LogP contribution is -2.57. The molecular formula is C19H24N2O4S. The quantitative estimate of drug-likeness (QED) is 0.772. The highest BCUT2D eigenvalue weighted by atomic mass is 32.2. The van der Waals surface area contributed by atoms with E-state index in [1.807, 2.05) is 30.5 Å². The summed E-state index contributed by atoms with van der Waals surface area (Å²) in [6.07, 6.45) is 5.59. The standard InChI is InChI=1S/C19H24N2O4S/c1-26-15-7-5-14(6-8-15)21-12-13(11-16(21)22)17(23)20-19(18(24)25)9-3-2-4-10-19/h5-8,13H,2-4,9-12H2,1H3,(H,20,23)(H,24,25)/t13-/m0/s1. The summed E-state index contributed by atoms with van der Waals surface area (Å²) in [7, 11) is 0. The lowest BCUT2D eigenvalue weighted by Gasteiger charge is -2.34. The van der Waals surface area contributed by atoms with E-state index in [2.05, 4.69) is 5.32 Å². The van der Waals surface area contributed by atoms with Crippen LogP contribution in [-0.4, -0.2) is 41.2 Å². The first-order valence-electron chi connectivity index (χ1n) is 8.95. The van der Waals surface area contributed by atoms with Gasteiger partial charge in [0.2, 0.25) is 11.8 Å². The number of rotatable bonds is 5. The van der Waals surface area contributed by atoms with Crippen LogP contribution in [0.25, 0.3) is 0 Å². The van der Waals surface area contributed by atoms with Gasteiger partial charge in [0.15, 0.2) is 0 Å². The van der Waals surface area contributed by atoms with Gasteiger partial charge in [0, 0.05) is 23.5 Å². The van der Waals surface area contributed by atoms with Crippen LogP contribution in [0.2, 0.25) is 0 Å². The molecule has 1 aromatic carbocycles. The second kappa shape index (κ2) is 7.70. The average molecular weight is 376 g/mol. The smallest absolute Gasteiger partial charge is 0.329 e. The number of nitrogens with zero attached hydrogens (tertiary/aromatic N) is 1. The number of benzene rings is 1. The Bertz CT molecular complexity index is 698. The van der Waals surface area contributed by atoms with E-state index in [9.17, 15) is 19.5 Å². The summed E-state index contributed by atoms with van der Waals surface area (Å²) in [5, 5.41) is 12.4. The zero-order valence-electron chi connectivity index (χ0n) is 14.9. The summed E-state index contributed by atoms with van der Waals surface area (Å²) < 4.78 is 0. The van der Waals surface area contributed by atoms with Crippen LogP contribution in [0.5, 0.6) is 0 Å². The Kier molecular flexibility index (Phi) is 5.55. The first-order chi connectivity index (χ1) is 12.4. The number of carboxylic acid groups (broad SMARTS) is 1. The molecule has 0 aromatic heterocycles. The van der Waals surface area contributed by atoms with Crippen molar-refractivity contribution in [2.45, 2.75) is 49.0 Å². The normalized spacial score (nSPS) is 22.3. The summed E-state index contributed by atoms with van der Waals surface area (Å²) in [4.78, 5) is 39.5. The third-order valence-electron chi connectivity index (χ3n) is 5.36. The number of aliphatic carboxylic acids is 1. The van der Waals surface area contributed by atoms with E-state index < -0.39 is 17.4 Å². The van der Waals surface area contributed by atoms with Gasteiger partial charge >= 0.3 is 5.97 Å². The monoisotopic (exact) mass is 376 g/mol. The fourth-order valence-corrected chi connectivity index (χ4v) is 4.19. The minimum Gasteiger partial charge on any atom is -0.480 e. The van der Waals surface area contributed by atoms with Crippen molar-refractivity contribution in [3.8, 4) is 0 Å². The molecule has 1 atom stereocenters. The highest BCUT2D eigenvalue weighted by Gasteiger charge is 2.44. The van der Waals surface area contributed by atoms with E-state index in [-0.39, 0.29) is 18.2 Å². The zero-order valence-corrected chi connectivity index (χ0v) is 15.7. The maximum absolute atomic E-state index is 12.7. The second-order valence-corrected chi connectivity index (χ2v) is 7.92. The van der Waals surface area contributed by atoms with Crippen LogP contribution in [-0.2, 0) is 14.4 Å². The van der Waals surface area contributed by atoms with Crippen LogP contribution < -0.4 is 10.2 Å². The Morgan fingerprint density at radius 1 is 1.19 bits per heavy atom. The molecule has 1 saturated carbocycles. The highest BCUT2D eigenvalue weighted by Crippen LogP contribution is 2.31. The van der Waals surface area contributed by atoms with E-state index in [1.165, 1.54) is 0 Å². The number of hydrogen-bond donors (Lipinski definition) is 2. The van der Waals surface area contributed by atoms with Crippen molar-refractivity contribution in [3.05, 3.63) is 24.3 Å². The third-order valence-corrected chi connectivity index (χ3v) is 6.10. The van der Waals surface area contributed by atoms with Gasteiger partial charge in [-0.25, -0.2) is 4.79 Å². The molecule has 7 heteroatoms. The van der Waals surface area contributed by atoms with Gasteiger partial charge in [-0.3, -0.25) is 9.59 Å². The van der Waals surface area contributed by atoms with Crippen molar-refractivity contribution >= 4 is 35.2 Å². The molecule has 0 bridgehead atoms. The van der Waals surface area contributed by atoms with E-state index in [0.29, 0.717) is 19.4 Å². The molecule has 0 spiro atoms. The minimum absolute atomic E-state index is 0.102. The van der Waals surface area contributed by atoms with E-state index >= 15 is 0 Å². The molecule has 6 nitrogen and oxygen atoms in total. The molecule has 1 aliphatic carbocycles. The number of hydrogen-bond acceptors (Lipinski definition) is 4. The molecule has 1 saturated heterocycles. The predicted molar refractivity (Wildman–Crippen MR) is 100 cm³/mol. The number of carboxylic acids is 1. The van der Waals surface area contributed by atoms with Crippen molar-refractivity contribution < 1.29 is 19.5 Å². The molecule has 26 heavy (non-hydrogen) atoms. The molecule has 3 rings (SSSR count). The fraction of sp³-hybridized carbons (Fsp3) is 0.526. The lowest BCUT2D eigenvalue weighted by molar-refractivity contribution is -0.149. The maximum Gasteiger partial charge on any atom is 0.329 e. The Balaban J connectivity index is 1.69. The Hall–Kier alpha value is -2.02. The predicted octanol–water partition coefficient (Wildman–Crippen LogP) is 2.67. The van der Waals surface area contributed by atoms with E-state index in [0.717, 1.165) is 29.8 Å². The Morgan fingerprint density at radius 3 is 2.42 bits per heavy atom. The minimum atomic E-state index is -1.17. The summed E-state index contributed by atoms with van der Waals surface area (Å²) >= 11 is 1.62. The van der Waals surface area contributed by atoms with Crippen LogP contribution in [0, 0.1) is 5.92 Å². The van der Waals surface area contributed by atoms with Crippen LogP contribution in [0.4, 0.5) is 5.69 Å². The van der Waals surface area contributed by atoms with Gasteiger partial charge in [0.25, 0.3) is 0 Å². The van der Waals surface area contributed by atoms with Gasteiger partial charge in [-0.2, -0.15) is 0 Å². The number of amides is 2. The van der Waals surface area contributed by atoms with Gasteiger partial charge in [0.05, 0.1) is 5.92 Å². The van der Waals surface area contributed by atoms with Crippen molar-refractivity contribution in [1.82, 2.24) is 5.32 Å². The van der Waals surface area contributed by atoms with Crippen LogP contribution in [0.3, 0.4) is 0 Å². The molecule has 2 N–H and O–H groups in total. The maximum atomic E-state index is 12.7. The first kappa shape index (κ1) is 18.8. The molecule has 2 fully saturated rings. The van der Waals surface area contributed by atoms with Gasteiger partial charge < -0.3 is 15.3 Å². The second-order valence-electron chi connectivity index (χ2n) is 7.04. The van der Waals surface area contributed by atoms with E-state index in [1.54, 1.807) is 16.7 Å². The van der Waals surface area contributed by atoms with Crippen molar-refractivity contribution in [1.29, 1.82) is 0 Å². The lowest BCUT2D eigenvalue weighted by atomic mass is 9.81. The number of carbonyl (C=O) groups is 3. The van der Waals surface area contributed by atoms with Crippen molar-refractivity contribution in [3.63, 3.8) is 0 Å². The molecule has 0 radical (unpaired) electrons. The van der Waals surface area contributed by atoms with E-state index in [4.69, 9.17) is 0 Å². The number of thioether (sulfide) groups is 1. The van der Waals surface area contributed by atoms with Crippen molar-refractivity contribution in [2.24, 2.45) is 5.92 Å². The van der Waals surface area contributed by atoms with Crippen molar-refractivity contribution in [2.75, 3.05) is 17.7 Å². The molecule has 2 aliphatic rings. The van der Waals surface area contributed by atoms with Crippen LogP contribution in [0.1, 0.15) is 38.5 Å². The number of anilines is 1. The number of nitrogens with one attached hydrogen (secondary N) is 1. The molecule has 2 amide bonds. The van der Waals surface area contributed by atoms with Gasteiger partial charge in [0.1, 0.15) is 5.54 Å². The third kappa shape index (κ3) is 3.72. The molecule has 1 aromatic rings. The van der Waals surface area contributed by atoms with Gasteiger partial charge in [-0.1, -0.05) is 19.3 Å². The summed E-state index contributed by atoms with van der Waals surface area (Å²) in [5.41, 5.74) is -0.403. The average Bonchev–Trinajstić information content (AvgIpc) is 3.04. The van der Waals surface area contributed by atoms with Crippen LogP contribution in [0.15, 0.2) is 29.2 Å². The number of carbonyl (C=O) groups excluding carboxylic acids is 2. The first-order valence-corrected chi connectivity index (χ1v) is 10.2. The summed E-state index contributed by atoms with van der Waals surface area (Å²) in [5.74, 6) is -1.92. The molecule has 140 valence electrons. The van der Waals surface area contributed by atoms with Crippen LogP contribution >= 0.6 is 11.8 Å². The largest absolute Gasteiger partial charge is 0.480 e. The Labute approximate surface area is 157 Å². The summed E-state index contributed by atoms with van der Waals surface area (Å²) in [6.45, 7) is 0.291. The Morgan fingerprint density at radius 2 is 1.85 bits per heavy atom. The molecule has 1 aliphatic heterocycles. The summed E-state index contributed by atoms with van der Waals surface area (Å²) in [6, 6.07) is 7.65. The SMILES string of the molecule is CSc1ccc(N2C[C@@H](C(=O)NC3(C(=O)O)CCCCC3)CC2=O)cc1. The molecule has 1 heterocycles.